The average Bonchev–Trinajstić information content (AvgIpc) is 3.57. The fourth-order valence-electron chi connectivity index (χ4n) is 3.92. The molecule has 7 nitrogen and oxygen atoms in total. The zero-order chi connectivity index (χ0) is 21.4. The Kier molecular flexibility index (Phi) is 5.25. The number of nitrogens with one attached hydrogen (secondary N) is 3. The van der Waals surface area contributed by atoms with Crippen LogP contribution in [0.25, 0.3) is 10.8 Å². The van der Waals surface area contributed by atoms with E-state index < -0.39 is 5.82 Å². The van der Waals surface area contributed by atoms with Gasteiger partial charge in [-0.05, 0) is 36.6 Å². The van der Waals surface area contributed by atoms with Crippen molar-refractivity contribution in [3.8, 4) is 0 Å². The molecule has 2 aromatic carbocycles. The van der Waals surface area contributed by atoms with E-state index in [4.69, 9.17) is 0 Å². The van der Waals surface area contributed by atoms with Gasteiger partial charge in [0.15, 0.2) is 0 Å². The highest BCUT2D eigenvalue weighted by Crippen LogP contribution is 2.21. The smallest absolute Gasteiger partial charge is 0.272 e. The molecule has 1 saturated carbocycles. The summed E-state index contributed by atoms with van der Waals surface area (Å²) in [5.41, 5.74) is 1.26. The van der Waals surface area contributed by atoms with Crippen LogP contribution in [0.3, 0.4) is 0 Å². The minimum atomic E-state index is -0.528. The molecule has 1 amide bonds. The number of hydrogen-bond acceptors (Lipinski definition) is 5. The number of benzene rings is 2. The fourth-order valence-corrected chi connectivity index (χ4v) is 3.92. The van der Waals surface area contributed by atoms with E-state index in [1.807, 2.05) is 12.1 Å². The lowest BCUT2D eigenvalue weighted by atomic mass is 10.0. The first-order chi connectivity index (χ1) is 15.1. The van der Waals surface area contributed by atoms with Crippen molar-refractivity contribution in [3.63, 3.8) is 0 Å². The number of carbonyl (C=O) groups excluding carboxylic acids is 1. The SMILES string of the molecule is O=C(c1cc(Cc2n[nH]c(=O)c3ccccc23)ccc1F)N1CC(NCNC2CC2)C1. The van der Waals surface area contributed by atoms with Crippen molar-refractivity contribution in [2.75, 3.05) is 19.8 Å². The predicted octanol–water partition coefficient (Wildman–Crippen LogP) is 1.78. The molecule has 2 aliphatic rings. The Morgan fingerprint density at radius 2 is 1.84 bits per heavy atom. The van der Waals surface area contributed by atoms with Crippen LogP contribution >= 0.6 is 0 Å². The molecule has 31 heavy (non-hydrogen) atoms. The summed E-state index contributed by atoms with van der Waals surface area (Å²) in [6, 6.07) is 12.7. The van der Waals surface area contributed by atoms with Gasteiger partial charge in [-0.2, -0.15) is 5.10 Å². The van der Waals surface area contributed by atoms with Gasteiger partial charge in [-0.15, -0.1) is 0 Å². The van der Waals surface area contributed by atoms with Crippen LogP contribution in [0.4, 0.5) is 4.39 Å². The van der Waals surface area contributed by atoms with Crippen LogP contribution in [0.15, 0.2) is 47.3 Å². The number of fused-ring (bicyclic) bond motifs is 1. The van der Waals surface area contributed by atoms with Gasteiger partial charge < -0.3 is 10.2 Å². The monoisotopic (exact) mass is 421 g/mol. The molecular weight excluding hydrogens is 397 g/mol. The molecule has 1 saturated heterocycles. The summed E-state index contributed by atoms with van der Waals surface area (Å²) in [7, 11) is 0. The van der Waals surface area contributed by atoms with Crippen LogP contribution in [0.5, 0.6) is 0 Å². The number of carbonyl (C=O) groups is 1. The van der Waals surface area contributed by atoms with E-state index in [1.54, 1.807) is 29.2 Å². The van der Waals surface area contributed by atoms with Gasteiger partial charge in [-0.1, -0.05) is 24.3 Å². The Bertz CT molecular complexity index is 1180. The van der Waals surface area contributed by atoms with Crippen molar-refractivity contribution in [2.45, 2.75) is 31.3 Å². The zero-order valence-corrected chi connectivity index (χ0v) is 17.0. The van der Waals surface area contributed by atoms with Gasteiger partial charge in [0, 0.05) is 43.6 Å². The summed E-state index contributed by atoms with van der Waals surface area (Å²) < 4.78 is 14.4. The van der Waals surface area contributed by atoms with E-state index in [0.29, 0.717) is 36.6 Å². The van der Waals surface area contributed by atoms with Crippen molar-refractivity contribution in [2.24, 2.45) is 0 Å². The van der Waals surface area contributed by atoms with Crippen LogP contribution in [0, 0.1) is 5.82 Å². The summed E-state index contributed by atoms with van der Waals surface area (Å²) in [5.74, 6) is -0.827. The molecule has 0 bridgehead atoms. The Hall–Kier alpha value is -3.10. The number of nitrogens with zero attached hydrogens (tertiary/aromatic N) is 2. The van der Waals surface area contributed by atoms with Gasteiger partial charge >= 0.3 is 0 Å². The van der Waals surface area contributed by atoms with Gasteiger partial charge in [0.2, 0.25) is 0 Å². The van der Waals surface area contributed by atoms with E-state index in [0.717, 1.165) is 17.6 Å². The molecule has 2 heterocycles. The molecule has 160 valence electrons. The standard InChI is InChI=1S/C23H24FN5O2/c24-20-8-5-14(10-21-17-3-1-2-4-18(17)22(30)28-27-21)9-19(20)23(31)29-11-16(12-29)26-13-25-15-6-7-15/h1-5,8-9,15-16,25-26H,6-7,10-13H2,(H,28,30). The Morgan fingerprint density at radius 3 is 2.61 bits per heavy atom. The molecule has 1 aliphatic heterocycles. The summed E-state index contributed by atoms with van der Waals surface area (Å²) in [4.78, 5) is 26.5. The second-order valence-corrected chi connectivity index (χ2v) is 8.30. The maximum Gasteiger partial charge on any atom is 0.272 e. The first-order valence-electron chi connectivity index (χ1n) is 10.6. The second kappa shape index (κ2) is 8.20. The van der Waals surface area contributed by atoms with Crippen molar-refractivity contribution in [1.82, 2.24) is 25.7 Å². The third-order valence-corrected chi connectivity index (χ3v) is 5.94. The molecule has 3 aromatic rings. The number of H-pyrrole nitrogens is 1. The largest absolute Gasteiger partial charge is 0.335 e. The van der Waals surface area contributed by atoms with E-state index in [1.165, 1.54) is 18.9 Å². The highest BCUT2D eigenvalue weighted by Gasteiger charge is 2.32. The number of likely N-dealkylation sites (tertiary alicyclic amines) is 1. The first-order valence-corrected chi connectivity index (χ1v) is 10.6. The third-order valence-electron chi connectivity index (χ3n) is 5.94. The molecule has 0 radical (unpaired) electrons. The average molecular weight is 421 g/mol. The maximum absolute atomic E-state index is 14.4. The van der Waals surface area contributed by atoms with Gasteiger partial charge in [-0.25, -0.2) is 9.49 Å². The van der Waals surface area contributed by atoms with Crippen molar-refractivity contribution in [3.05, 3.63) is 75.5 Å². The van der Waals surface area contributed by atoms with Gasteiger partial charge in [0.05, 0.1) is 16.6 Å². The second-order valence-electron chi connectivity index (χ2n) is 8.30. The molecule has 1 aromatic heterocycles. The van der Waals surface area contributed by atoms with Crippen LogP contribution in [-0.2, 0) is 6.42 Å². The number of hydrogen-bond donors (Lipinski definition) is 3. The predicted molar refractivity (Wildman–Crippen MR) is 115 cm³/mol. The van der Waals surface area contributed by atoms with Gasteiger partial charge in [-0.3, -0.25) is 14.9 Å². The lowest BCUT2D eigenvalue weighted by molar-refractivity contribution is 0.0560. The van der Waals surface area contributed by atoms with Crippen molar-refractivity contribution >= 4 is 16.7 Å². The molecular formula is C23H24FN5O2. The maximum atomic E-state index is 14.4. The Balaban J connectivity index is 1.28. The van der Waals surface area contributed by atoms with Gasteiger partial charge in [0.25, 0.3) is 11.5 Å². The molecule has 1 aliphatic carbocycles. The summed E-state index contributed by atoms with van der Waals surface area (Å²) in [5, 5.41) is 14.8. The van der Waals surface area contributed by atoms with Crippen LogP contribution in [0.1, 0.15) is 34.5 Å². The Morgan fingerprint density at radius 1 is 1.10 bits per heavy atom. The van der Waals surface area contributed by atoms with Crippen molar-refractivity contribution in [1.29, 1.82) is 0 Å². The van der Waals surface area contributed by atoms with Crippen LogP contribution < -0.4 is 16.2 Å². The lowest BCUT2D eigenvalue weighted by Crippen LogP contribution is -2.61. The molecule has 0 spiro atoms. The van der Waals surface area contributed by atoms with E-state index in [2.05, 4.69) is 20.8 Å². The highest BCUT2D eigenvalue weighted by molar-refractivity contribution is 5.95. The molecule has 2 fully saturated rings. The summed E-state index contributed by atoms with van der Waals surface area (Å²) in [6.45, 7) is 1.88. The van der Waals surface area contributed by atoms with Crippen LogP contribution in [-0.4, -0.2) is 52.8 Å². The number of amides is 1. The molecule has 0 unspecified atom stereocenters. The van der Waals surface area contributed by atoms with E-state index in [9.17, 15) is 14.0 Å². The third kappa shape index (κ3) is 4.22. The molecule has 5 rings (SSSR count). The van der Waals surface area contributed by atoms with E-state index in [-0.39, 0.29) is 23.1 Å². The number of aromatic nitrogens is 2. The topological polar surface area (TPSA) is 90.1 Å². The first kappa shape index (κ1) is 19.8. The van der Waals surface area contributed by atoms with Crippen LogP contribution in [0.2, 0.25) is 0 Å². The van der Waals surface area contributed by atoms with Gasteiger partial charge in [0.1, 0.15) is 5.82 Å². The van der Waals surface area contributed by atoms with E-state index >= 15 is 0 Å². The normalized spacial score (nSPS) is 16.5. The number of halogens is 1. The quantitative estimate of drug-likeness (QED) is 0.506. The molecule has 0 atom stereocenters. The summed E-state index contributed by atoms with van der Waals surface area (Å²) in [6.07, 6.45) is 2.85. The molecule has 8 heteroatoms. The Labute approximate surface area is 178 Å². The number of aromatic amines is 1. The fraction of sp³-hybridized carbons (Fsp3) is 0.348. The lowest BCUT2D eigenvalue weighted by Gasteiger charge is -2.40. The molecule has 3 N–H and O–H groups in total. The summed E-state index contributed by atoms with van der Waals surface area (Å²) >= 11 is 0. The minimum absolute atomic E-state index is 0.0702. The number of rotatable bonds is 7. The minimum Gasteiger partial charge on any atom is -0.335 e. The zero-order valence-electron chi connectivity index (χ0n) is 17.0. The highest BCUT2D eigenvalue weighted by atomic mass is 19.1. The van der Waals surface area contributed by atoms with Crippen molar-refractivity contribution < 1.29 is 9.18 Å².